The predicted molar refractivity (Wildman–Crippen MR) is 64.3 cm³/mol. The van der Waals surface area contributed by atoms with E-state index in [-0.39, 0.29) is 5.91 Å². The van der Waals surface area contributed by atoms with Crippen LogP contribution in [0.15, 0.2) is 0 Å². The van der Waals surface area contributed by atoms with Gasteiger partial charge in [-0.2, -0.15) is 0 Å². The summed E-state index contributed by atoms with van der Waals surface area (Å²) in [6.07, 6.45) is 2.07. The highest BCUT2D eigenvalue weighted by Crippen LogP contribution is 2.27. The van der Waals surface area contributed by atoms with E-state index in [1.165, 1.54) is 0 Å². The monoisotopic (exact) mass is 242 g/mol. The first-order valence-electron chi connectivity index (χ1n) is 6.04. The Balaban J connectivity index is 2.50. The molecule has 0 aliphatic carbocycles. The molecule has 0 bridgehead atoms. The van der Waals surface area contributed by atoms with Crippen LogP contribution in [0, 0.1) is 5.92 Å². The summed E-state index contributed by atoms with van der Waals surface area (Å²) >= 11 is 0. The summed E-state index contributed by atoms with van der Waals surface area (Å²) in [5, 5.41) is 0. The summed E-state index contributed by atoms with van der Waals surface area (Å²) in [7, 11) is 0. The van der Waals surface area contributed by atoms with E-state index in [0.29, 0.717) is 5.92 Å². The maximum atomic E-state index is 11.3. The first kappa shape index (κ1) is 13.8. The van der Waals surface area contributed by atoms with Gasteiger partial charge in [-0.1, -0.05) is 0 Å². The molecule has 1 heterocycles. The normalized spacial score (nSPS) is 21.1. The number of rotatable bonds is 3. The molecule has 0 aromatic heterocycles. The smallest absolute Gasteiger partial charge is 0.405 e. The van der Waals surface area contributed by atoms with E-state index in [9.17, 15) is 9.59 Å². The fraction of sp³-hybridized carbons (Fsp3) is 0.833. The molecular formula is C12H22N2O3. The number of carbonyl (C=O) groups is 2. The van der Waals surface area contributed by atoms with Crippen molar-refractivity contribution in [3.63, 3.8) is 0 Å². The average Bonchev–Trinajstić information content (AvgIpc) is 2.14. The Hall–Kier alpha value is -1.26. The highest BCUT2D eigenvalue weighted by Gasteiger charge is 2.30. The first-order valence-corrected chi connectivity index (χ1v) is 6.04. The van der Waals surface area contributed by atoms with E-state index in [1.807, 2.05) is 18.7 Å². The van der Waals surface area contributed by atoms with Crippen LogP contribution in [0.3, 0.4) is 0 Å². The summed E-state index contributed by atoms with van der Waals surface area (Å²) in [5.74, 6) is 0.491. The van der Waals surface area contributed by atoms with Gasteiger partial charge in [-0.25, -0.2) is 4.79 Å². The van der Waals surface area contributed by atoms with Gasteiger partial charge in [-0.3, -0.25) is 4.79 Å². The number of nitrogens with two attached hydrogens (primary N) is 1. The number of nitrogens with zero attached hydrogens (tertiary/aromatic N) is 1. The molecule has 17 heavy (non-hydrogen) atoms. The maximum Gasteiger partial charge on any atom is 0.405 e. The highest BCUT2D eigenvalue weighted by molar-refractivity contribution is 5.73. The Morgan fingerprint density at radius 2 is 2.12 bits per heavy atom. The maximum absolute atomic E-state index is 11.3. The van der Waals surface area contributed by atoms with Crippen LogP contribution in [0.25, 0.3) is 0 Å². The van der Waals surface area contributed by atoms with E-state index in [0.717, 1.165) is 32.4 Å². The predicted octanol–water partition coefficient (Wildman–Crippen LogP) is 1.51. The third-order valence-electron chi connectivity index (χ3n) is 3.12. The van der Waals surface area contributed by atoms with Crippen LogP contribution in [0.1, 0.15) is 40.0 Å². The van der Waals surface area contributed by atoms with Crippen LogP contribution in [0.5, 0.6) is 0 Å². The molecule has 1 atom stereocenters. The molecule has 0 aromatic carbocycles. The molecule has 1 aliphatic heterocycles. The van der Waals surface area contributed by atoms with Crippen molar-refractivity contribution in [1.29, 1.82) is 0 Å². The van der Waals surface area contributed by atoms with E-state index in [2.05, 4.69) is 0 Å². The van der Waals surface area contributed by atoms with Crippen LogP contribution in [-0.2, 0) is 9.53 Å². The Morgan fingerprint density at radius 3 is 2.65 bits per heavy atom. The molecule has 2 N–H and O–H groups in total. The first-order chi connectivity index (χ1) is 7.80. The number of carbonyl (C=O) groups excluding carboxylic acids is 2. The number of hydrogen-bond donors (Lipinski definition) is 1. The highest BCUT2D eigenvalue weighted by atomic mass is 16.6. The summed E-state index contributed by atoms with van der Waals surface area (Å²) in [4.78, 5) is 23.9. The molecule has 5 nitrogen and oxygen atoms in total. The summed E-state index contributed by atoms with van der Waals surface area (Å²) in [6.45, 7) is 6.88. The lowest BCUT2D eigenvalue weighted by Crippen LogP contribution is -2.42. The van der Waals surface area contributed by atoms with E-state index in [1.54, 1.807) is 6.92 Å². The number of ether oxygens (including phenoxy) is 1. The van der Waals surface area contributed by atoms with Crippen molar-refractivity contribution in [1.82, 2.24) is 4.90 Å². The van der Waals surface area contributed by atoms with Crippen LogP contribution in [0.2, 0.25) is 0 Å². The van der Waals surface area contributed by atoms with Crippen molar-refractivity contribution in [2.24, 2.45) is 11.7 Å². The van der Waals surface area contributed by atoms with E-state index >= 15 is 0 Å². The van der Waals surface area contributed by atoms with Gasteiger partial charge < -0.3 is 15.4 Å². The van der Waals surface area contributed by atoms with Crippen molar-refractivity contribution in [2.45, 2.75) is 45.6 Å². The zero-order chi connectivity index (χ0) is 13.1. The van der Waals surface area contributed by atoms with Crippen LogP contribution < -0.4 is 5.73 Å². The van der Waals surface area contributed by atoms with Crippen LogP contribution in [0.4, 0.5) is 4.79 Å². The van der Waals surface area contributed by atoms with Gasteiger partial charge >= 0.3 is 6.09 Å². The topological polar surface area (TPSA) is 72.6 Å². The van der Waals surface area contributed by atoms with Gasteiger partial charge in [0.05, 0.1) is 0 Å². The van der Waals surface area contributed by atoms with Gasteiger partial charge in [0.1, 0.15) is 5.60 Å². The van der Waals surface area contributed by atoms with Crippen LogP contribution in [-0.4, -0.2) is 35.6 Å². The minimum absolute atomic E-state index is 0.114. The molecule has 5 heteroatoms. The molecule has 2 amide bonds. The summed E-state index contributed by atoms with van der Waals surface area (Å²) in [5.41, 5.74) is 4.47. The molecule has 1 rings (SSSR count). The molecule has 0 saturated carbocycles. The second-order valence-corrected chi connectivity index (χ2v) is 5.36. The zero-order valence-electron chi connectivity index (χ0n) is 10.9. The Labute approximate surface area is 102 Å². The SMILES string of the molecule is CC(=O)N1CCC[C@H](CC(C)(C)OC(N)=O)C1. The second kappa shape index (κ2) is 5.38. The van der Waals surface area contributed by atoms with Crippen LogP contribution >= 0.6 is 0 Å². The second-order valence-electron chi connectivity index (χ2n) is 5.36. The van der Waals surface area contributed by atoms with Crippen molar-refractivity contribution in [2.75, 3.05) is 13.1 Å². The number of amides is 2. The Bertz CT molecular complexity index is 302. The summed E-state index contributed by atoms with van der Waals surface area (Å²) in [6, 6.07) is 0. The van der Waals surface area contributed by atoms with Crippen molar-refractivity contribution in [3.8, 4) is 0 Å². The largest absolute Gasteiger partial charge is 0.444 e. The average molecular weight is 242 g/mol. The zero-order valence-corrected chi connectivity index (χ0v) is 10.9. The molecule has 0 radical (unpaired) electrons. The minimum atomic E-state index is -0.741. The lowest BCUT2D eigenvalue weighted by atomic mass is 9.87. The van der Waals surface area contributed by atoms with Gasteiger partial charge in [0, 0.05) is 20.0 Å². The molecule has 1 saturated heterocycles. The van der Waals surface area contributed by atoms with Gasteiger partial charge in [0.2, 0.25) is 5.91 Å². The lowest BCUT2D eigenvalue weighted by Gasteiger charge is -2.36. The van der Waals surface area contributed by atoms with Gasteiger partial charge in [-0.05, 0) is 39.0 Å². The fourth-order valence-corrected chi connectivity index (χ4v) is 2.53. The van der Waals surface area contributed by atoms with Crippen molar-refractivity contribution < 1.29 is 14.3 Å². The Morgan fingerprint density at radius 1 is 1.47 bits per heavy atom. The minimum Gasteiger partial charge on any atom is -0.444 e. The third-order valence-corrected chi connectivity index (χ3v) is 3.12. The Kier molecular flexibility index (Phi) is 4.37. The van der Waals surface area contributed by atoms with Crippen molar-refractivity contribution >= 4 is 12.0 Å². The molecule has 1 fully saturated rings. The van der Waals surface area contributed by atoms with Gasteiger partial charge in [0.15, 0.2) is 0 Å². The molecule has 0 aromatic rings. The summed E-state index contributed by atoms with van der Waals surface area (Å²) < 4.78 is 5.07. The fourth-order valence-electron chi connectivity index (χ4n) is 2.53. The molecule has 0 unspecified atom stereocenters. The van der Waals surface area contributed by atoms with E-state index < -0.39 is 11.7 Å². The molecular weight excluding hydrogens is 220 g/mol. The lowest BCUT2D eigenvalue weighted by molar-refractivity contribution is -0.131. The van der Waals surface area contributed by atoms with Crippen molar-refractivity contribution in [3.05, 3.63) is 0 Å². The standard InChI is InChI=1S/C12H22N2O3/c1-9(15)14-6-4-5-10(8-14)7-12(2,3)17-11(13)16/h10H,4-8H2,1-3H3,(H2,13,16)/t10-/m1/s1. The third kappa shape index (κ3) is 4.63. The van der Waals surface area contributed by atoms with Gasteiger partial charge in [0.25, 0.3) is 0 Å². The quantitative estimate of drug-likeness (QED) is 0.815. The van der Waals surface area contributed by atoms with E-state index in [4.69, 9.17) is 10.5 Å². The number of likely N-dealkylation sites (tertiary alicyclic amines) is 1. The molecule has 98 valence electrons. The van der Waals surface area contributed by atoms with Gasteiger partial charge in [-0.15, -0.1) is 0 Å². The number of hydrogen-bond acceptors (Lipinski definition) is 3. The number of piperidine rings is 1. The molecule has 0 spiro atoms. The number of primary amides is 1. The molecule has 1 aliphatic rings.